The number of hydrogen-bond donors (Lipinski definition) is 2. The second-order valence-electron chi connectivity index (χ2n) is 7.61. The Bertz CT molecular complexity index is 706. The Morgan fingerprint density at radius 3 is 2.23 bits per heavy atom. The van der Waals surface area contributed by atoms with Crippen molar-refractivity contribution in [1.29, 1.82) is 0 Å². The van der Waals surface area contributed by atoms with Crippen LogP contribution in [0.2, 0.25) is 0 Å². The smallest absolute Gasteiger partial charge is 0.191 e. The van der Waals surface area contributed by atoms with Gasteiger partial charge in [-0.2, -0.15) is 0 Å². The normalized spacial score (nSPS) is 16.7. The van der Waals surface area contributed by atoms with E-state index in [1.807, 2.05) is 0 Å². The van der Waals surface area contributed by atoms with E-state index in [-0.39, 0.29) is 0 Å². The molecule has 1 fully saturated rings. The minimum absolute atomic E-state index is 0.306. The Morgan fingerprint density at radius 2 is 1.69 bits per heavy atom. The van der Waals surface area contributed by atoms with Gasteiger partial charge in [0.15, 0.2) is 15.8 Å². The monoisotopic (exact) mass is 380 g/mol. The van der Waals surface area contributed by atoms with Gasteiger partial charge >= 0.3 is 0 Å². The van der Waals surface area contributed by atoms with Crippen LogP contribution in [-0.2, 0) is 22.9 Å². The average Bonchev–Trinajstić information content (AvgIpc) is 3.08. The van der Waals surface area contributed by atoms with Gasteiger partial charge in [0.2, 0.25) is 0 Å². The molecule has 0 radical (unpaired) electrons. The van der Waals surface area contributed by atoms with E-state index in [1.165, 1.54) is 43.3 Å². The zero-order valence-electron chi connectivity index (χ0n) is 16.4. The number of benzene rings is 1. The molecule has 0 unspecified atom stereocenters. The highest BCUT2D eigenvalue weighted by Gasteiger charge is 2.30. The van der Waals surface area contributed by atoms with Crippen molar-refractivity contribution in [3.05, 3.63) is 35.4 Å². The first kappa shape index (κ1) is 20.7. The fourth-order valence-electron chi connectivity index (χ4n) is 2.80. The molecule has 2 rings (SSSR count). The fraction of sp³-hybridized carbons (Fsp3) is 0.632. The largest absolute Gasteiger partial charge is 0.355 e. The third-order valence-electron chi connectivity index (χ3n) is 5.00. The molecule has 1 saturated heterocycles. The number of rotatable bonds is 7. The van der Waals surface area contributed by atoms with Crippen LogP contribution in [0, 0.1) is 0 Å². The molecule has 0 aromatic heterocycles. The van der Waals surface area contributed by atoms with Gasteiger partial charge in [-0.1, -0.05) is 24.3 Å². The van der Waals surface area contributed by atoms with Crippen LogP contribution in [0.15, 0.2) is 29.3 Å². The SMILES string of the molecule is CN=C(NCc1ccc(CN2CCCC2)cc1)NCC(C)(C)S(C)(=O)=O. The third-order valence-corrected chi connectivity index (χ3v) is 7.15. The Morgan fingerprint density at radius 1 is 1.12 bits per heavy atom. The maximum atomic E-state index is 11.8. The predicted molar refractivity (Wildman–Crippen MR) is 108 cm³/mol. The van der Waals surface area contributed by atoms with E-state index in [2.05, 4.69) is 44.8 Å². The Hall–Kier alpha value is -1.60. The molecule has 146 valence electrons. The molecule has 0 saturated carbocycles. The average molecular weight is 381 g/mol. The van der Waals surface area contributed by atoms with Gasteiger partial charge in [-0.15, -0.1) is 0 Å². The highest BCUT2D eigenvalue weighted by Crippen LogP contribution is 2.14. The summed E-state index contributed by atoms with van der Waals surface area (Å²) < 4.78 is 22.7. The lowest BCUT2D eigenvalue weighted by Crippen LogP contribution is -2.47. The Balaban J connectivity index is 1.82. The summed E-state index contributed by atoms with van der Waals surface area (Å²) in [5, 5.41) is 6.34. The van der Waals surface area contributed by atoms with E-state index in [0.29, 0.717) is 19.0 Å². The van der Waals surface area contributed by atoms with Crippen LogP contribution in [0.4, 0.5) is 0 Å². The zero-order chi connectivity index (χ0) is 19.2. The lowest BCUT2D eigenvalue weighted by Gasteiger charge is -2.24. The molecule has 6 nitrogen and oxygen atoms in total. The molecule has 1 aromatic rings. The summed E-state index contributed by atoms with van der Waals surface area (Å²) >= 11 is 0. The van der Waals surface area contributed by atoms with E-state index in [1.54, 1.807) is 20.9 Å². The second-order valence-corrected chi connectivity index (χ2v) is 10.3. The number of nitrogens with one attached hydrogen (secondary N) is 2. The van der Waals surface area contributed by atoms with Gasteiger partial charge in [0.1, 0.15) is 0 Å². The van der Waals surface area contributed by atoms with Crippen molar-refractivity contribution in [3.8, 4) is 0 Å². The number of aliphatic imine (C=N–C) groups is 1. The van der Waals surface area contributed by atoms with Crippen LogP contribution in [0.5, 0.6) is 0 Å². The van der Waals surface area contributed by atoms with E-state index < -0.39 is 14.6 Å². The Labute approximate surface area is 158 Å². The molecule has 1 aliphatic heterocycles. The highest BCUT2D eigenvalue weighted by atomic mass is 32.2. The Kier molecular flexibility index (Phi) is 7.06. The minimum Gasteiger partial charge on any atom is -0.355 e. The van der Waals surface area contributed by atoms with Crippen LogP contribution in [0.25, 0.3) is 0 Å². The van der Waals surface area contributed by atoms with Gasteiger partial charge in [0.25, 0.3) is 0 Å². The molecule has 0 amide bonds. The minimum atomic E-state index is -3.14. The lowest BCUT2D eigenvalue weighted by molar-refractivity contribution is 0.331. The number of likely N-dealkylation sites (tertiary alicyclic amines) is 1. The lowest BCUT2D eigenvalue weighted by atomic mass is 10.1. The molecule has 0 aliphatic carbocycles. The van der Waals surface area contributed by atoms with Crippen molar-refractivity contribution in [1.82, 2.24) is 15.5 Å². The zero-order valence-corrected chi connectivity index (χ0v) is 17.2. The van der Waals surface area contributed by atoms with E-state index in [4.69, 9.17) is 0 Å². The van der Waals surface area contributed by atoms with E-state index >= 15 is 0 Å². The molecule has 0 spiro atoms. The van der Waals surface area contributed by atoms with Gasteiger partial charge in [0, 0.05) is 32.9 Å². The van der Waals surface area contributed by atoms with Crippen molar-refractivity contribution < 1.29 is 8.42 Å². The van der Waals surface area contributed by atoms with Crippen LogP contribution >= 0.6 is 0 Å². The summed E-state index contributed by atoms with van der Waals surface area (Å²) in [7, 11) is -1.46. The topological polar surface area (TPSA) is 73.8 Å². The van der Waals surface area contributed by atoms with Gasteiger partial charge in [-0.25, -0.2) is 8.42 Å². The van der Waals surface area contributed by atoms with Crippen LogP contribution < -0.4 is 10.6 Å². The van der Waals surface area contributed by atoms with Gasteiger partial charge < -0.3 is 10.6 Å². The van der Waals surface area contributed by atoms with Crippen molar-refractivity contribution in [2.75, 3.05) is 32.9 Å². The maximum Gasteiger partial charge on any atom is 0.191 e. The number of sulfone groups is 1. The van der Waals surface area contributed by atoms with Crippen molar-refractivity contribution >= 4 is 15.8 Å². The highest BCUT2D eigenvalue weighted by molar-refractivity contribution is 7.92. The van der Waals surface area contributed by atoms with Crippen LogP contribution in [0.1, 0.15) is 37.8 Å². The predicted octanol–water partition coefficient (Wildman–Crippen LogP) is 1.77. The molecule has 0 atom stereocenters. The van der Waals surface area contributed by atoms with Crippen molar-refractivity contribution in [2.24, 2.45) is 4.99 Å². The molecular weight excluding hydrogens is 348 g/mol. The molecule has 1 heterocycles. The van der Waals surface area contributed by atoms with Crippen molar-refractivity contribution in [2.45, 2.75) is 44.5 Å². The van der Waals surface area contributed by atoms with Crippen LogP contribution in [0.3, 0.4) is 0 Å². The quantitative estimate of drug-likeness (QED) is 0.557. The summed E-state index contributed by atoms with van der Waals surface area (Å²) in [6.45, 7) is 7.80. The number of hydrogen-bond acceptors (Lipinski definition) is 4. The maximum absolute atomic E-state index is 11.8. The number of nitrogens with zero attached hydrogens (tertiary/aromatic N) is 2. The van der Waals surface area contributed by atoms with Gasteiger partial charge in [0.05, 0.1) is 4.75 Å². The van der Waals surface area contributed by atoms with Gasteiger partial charge in [-0.3, -0.25) is 9.89 Å². The molecule has 0 bridgehead atoms. The third kappa shape index (κ3) is 5.99. The van der Waals surface area contributed by atoms with Gasteiger partial charge in [-0.05, 0) is 50.9 Å². The summed E-state index contributed by atoms with van der Waals surface area (Å²) in [5.41, 5.74) is 2.51. The molecule has 7 heteroatoms. The van der Waals surface area contributed by atoms with Crippen molar-refractivity contribution in [3.63, 3.8) is 0 Å². The molecule has 2 N–H and O–H groups in total. The fourth-order valence-corrected chi connectivity index (χ4v) is 3.13. The molecular formula is C19H32N4O2S. The summed E-state index contributed by atoms with van der Waals surface area (Å²) in [6, 6.07) is 8.62. The van der Waals surface area contributed by atoms with Crippen LogP contribution in [-0.4, -0.2) is 57.0 Å². The first-order valence-electron chi connectivity index (χ1n) is 9.15. The first-order valence-corrected chi connectivity index (χ1v) is 11.0. The molecule has 1 aliphatic rings. The standard InChI is InChI=1S/C19H32N4O2S/c1-19(2,26(4,24)25)15-22-18(20-3)21-13-16-7-9-17(10-8-16)14-23-11-5-6-12-23/h7-10H,5-6,11-15H2,1-4H3,(H2,20,21,22). The summed E-state index contributed by atoms with van der Waals surface area (Å²) in [6.07, 6.45) is 3.88. The summed E-state index contributed by atoms with van der Waals surface area (Å²) in [5.74, 6) is 0.600. The summed E-state index contributed by atoms with van der Waals surface area (Å²) in [4.78, 5) is 6.66. The van der Waals surface area contributed by atoms with E-state index in [9.17, 15) is 8.42 Å². The molecule has 26 heavy (non-hydrogen) atoms. The first-order chi connectivity index (χ1) is 12.2. The number of guanidine groups is 1. The second kappa shape index (κ2) is 8.86. The molecule has 1 aromatic carbocycles. The van der Waals surface area contributed by atoms with E-state index in [0.717, 1.165) is 6.54 Å².